The molecule has 6 nitrogen and oxygen atoms in total. The van der Waals surface area contributed by atoms with E-state index in [9.17, 15) is 13.2 Å². The predicted molar refractivity (Wildman–Crippen MR) is 79.0 cm³/mol. The van der Waals surface area contributed by atoms with Gasteiger partial charge in [-0.2, -0.15) is 0 Å². The van der Waals surface area contributed by atoms with Crippen molar-refractivity contribution in [3.8, 4) is 0 Å². The number of carboxylic acid groups (broad SMARTS) is 1. The summed E-state index contributed by atoms with van der Waals surface area (Å²) in [6.07, 6.45) is 0. The van der Waals surface area contributed by atoms with Crippen LogP contribution in [0.3, 0.4) is 0 Å². The normalized spacial score (nSPS) is 11.3. The van der Waals surface area contributed by atoms with Gasteiger partial charge in [-0.3, -0.25) is 4.72 Å². The van der Waals surface area contributed by atoms with Crippen LogP contribution in [0.4, 0.5) is 5.82 Å². The van der Waals surface area contributed by atoms with Gasteiger partial charge in [0.25, 0.3) is 10.0 Å². The molecule has 0 spiro atoms. The van der Waals surface area contributed by atoms with Crippen LogP contribution in [0, 0.1) is 0 Å². The Morgan fingerprint density at radius 2 is 2.15 bits per heavy atom. The molecule has 2 N–H and O–H groups in total. The first-order chi connectivity index (χ1) is 9.29. The first-order valence-electron chi connectivity index (χ1n) is 4.97. The van der Waals surface area contributed by atoms with Crippen molar-refractivity contribution in [3.63, 3.8) is 0 Å². The van der Waals surface area contributed by atoms with Crippen molar-refractivity contribution in [1.82, 2.24) is 4.98 Å². The fourth-order valence-electron chi connectivity index (χ4n) is 1.30. The van der Waals surface area contributed by atoms with Crippen molar-refractivity contribution in [1.29, 1.82) is 0 Å². The SMILES string of the molecule is O=C(O)c1cc(S(=O)(=O)Nc2cccc(Cl)n2)c(Br)s1. The van der Waals surface area contributed by atoms with Gasteiger partial charge in [-0.1, -0.05) is 17.7 Å². The second kappa shape index (κ2) is 5.68. The zero-order valence-corrected chi connectivity index (χ0v) is 13.5. The van der Waals surface area contributed by atoms with Crippen molar-refractivity contribution in [2.75, 3.05) is 4.72 Å². The quantitative estimate of drug-likeness (QED) is 0.773. The van der Waals surface area contributed by atoms with Crippen molar-refractivity contribution in [3.05, 3.63) is 38.1 Å². The second-order valence-electron chi connectivity index (χ2n) is 3.50. The summed E-state index contributed by atoms with van der Waals surface area (Å²) in [4.78, 5) is 14.4. The molecular weight excluding hydrogens is 392 g/mol. The van der Waals surface area contributed by atoms with E-state index in [0.29, 0.717) is 0 Å². The molecule has 2 heterocycles. The Kier molecular flexibility index (Phi) is 4.33. The minimum Gasteiger partial charge on any atom is -0.477 e. The van der Waals surface area contributed by atoms with Crippen molar-refractivity contribution < 1.29 is 18.3 Å². The number of aromatic nitrogens is 1. The minimum atomic E-state index is -3.94. The fourth-order valence-corrected chi connectivity index (χ4v) is 4.87. The molecule has 0 amide bonds. The first kappa shape index (κ1) is 15.2. The molecule has 0 bridgehead atoms. The van der Waals surface area contributed by atoms with Gasteiger partial charge < -0.3 is 5.11 Å². The van der Waals surface area contributed by atoms with E-state index in [-0.39, 0.29) is 24.5 Å². The molecule has 2 aromatic rings. The molecule has 0 aliphatic rings. The lowest BCUT2D eigenvalue weighted by Crippen LogP contribution is -2.13. The van der Waals surface area contributed by atoms with Crippen LogP contribution < -0.4 is 4.72 Å². The van der Waals surface area contributed by atoms with Gasteiger partial charge in [0, 0.05) is 0 Å². The van der Waals surface area contributed by atoms with Crippen LogP contribution in [-0.2, 0) is 10.0 Å². The van der Waals surface area contributed by atoms with E-state index in [2.05, 4.69) is 25.6 Å². The maximum absolute atomic E-state index is 12.2. The molecule has 0 aromatic carbocycles. The monoisotopic (exact) mass is 396 g/mol. The number of halogens is 2. The number of aromatic carboxylic acids is 1. The van der Waals surface area contributed by atoms with Crippen LogP contribution in [0.1, 0.15) is 9.67 Å². The summed E-state index contributed by atoms with van der Waals surface area (Å²) in [5.41, 5.74) is 0. The third-order valence-corrected chi connectivity index (χ3v) is 5.92. The predicted octanol–water partition coefficient (Wildman–Crippen LogP) is 3.06. The highest BCUT2D eigenvalue weighted by Gasteiger charge is 2.23. The van der Waals surface area contributed by atoms with Gasteiger partial charge in [0.1, 0.15) is 20.7 Å². The Labute approximate surface area is 131 Å². The summed E-state index contributed by atoms with van der Waals surface area (Å²) in [7, 11) is -3.94. The molecule has 10 heteroatoms. The maximum atomic E-state index is 12.2. The molecule has 0 saturated heterocycles. The number of carbonyl (C=O) groups is 1. The molecule has 0 saturated carbocycles. The van der Waals surface area contributed by atoms with Gasteiger partial charge in [0.2, 0.25) is 0 Å². The Morgan fingerprint density at radius 3 is 2.70 bits per heavy atom. The lowest BCUT2D eigenvalue weighted by molar-refractivity contribution is 0.0702. The smallest absolute Gasteiger partial charge is 0.345 e. The van der Waals surface area contributed by atoms with Crippen LogP contribution in [0.2, 0.25) is 5.15 Å². The fraction of sp³-hybridized carbons (Fsp3) is 0. The molecule has 0 aliphatic heterocycles. The van der Waals surface area contributed by atoms with E-state index in [1.165, 1.54) is 12.1 Å². The van der Waals surface area contributed by atoms with Crippen LogP contribution in [-0.4, -0.2) is 24.5 Å². The van der Waals surface area contributed by atoms with Crippen LogP contribution in [0.5, 0.6) is 0 Å². The third-order valence-electron chi connectivity index (χ3n) is 2.11. The third kappa shape index (κ3) is 3.29. The van der Waals surface area contributed by atoms with Crippen molar-refractivity contribution in [2.24, 2.45) is 0 Å². The summed E-state index contributed by atoms with van der Waals surface area (Å²) in [6, 6.07) is 5.55. The highest BCUT2D eigenvalue weighted by molar-refractivity contribution is 9.11. The summed E-state index contributed by atoms with van der Waals surface area (Å²) in [6.45, 7) is 0. The number of nitrogens with one attached hydrogen (secondary N) is 1. The van der Waals surface area contributed by atoms with Crippen LogP contribution in [0.25, 0.3) is 0 Å². The van der Waals surface area contributed by atoms with Crippen molar-refractivity contribution >= 4 is 60.7 Å². The lowest BCUT2D eigenvalue weighted by atomic mass is 10.5. The Morgan fingerprint density at radius 1 is 1.45 bits per heavy atom. The van der Waals surface area contributed by atoms with E-state index >= 15 is 0 Å². The Hall–Kier alpha value is -1.16. The Bertz CT molecular complexity index is 775. The topological polar surface area (TPSA) is 96.4 Å². The molecular formula is C10H6BrClN2O4S2. The largest absolute Gasteiger partial charge is 0.477 e. The van der Waals surface area contributed by atoms with E-state index in [1.807, 2.05) is 0 Å². The van der Waals surface area contributed by atoms with Gasteiger partial charge in [0.15, 0.2) is 0 Å². The van der Waals surface area contributed by atoms with Gasteiger partial charge in [-0.05, 0) is 34.1 Å². The van der Waals surface area contributed by atoms with Gasteiger partial charge in [-0.25, -0.2) is 18.2 Å². The number of sulfonamides is 1. The lowest BCUT2D eigenvalue weighted by Gasteiger charge is -2.06. The number of hydrogen-bond acceptors (Lipinski definition) is 5. The van der Waals surface area contributed by atoms with Gasteiger partial charge >= 0.3 is 5.97 Å². The molecule has 2 aromatic heterocycles. The molecule has 106 valence electrons. The summed E-state index contributed by atoms with van der Waals surface area (Å²) >= 11 is 9.52. The zero-order valence-electron chi connectivity index (χ0n) is 9.50. The van der Waals surface area contributed by atoms with E-state index in [0.717, 1.165) is 17.4 Å². The maximum Gasteiger partial charge on any atom is 0.345 e. The molecule has 0 unspecified atom stereocenters. The van der Waals surface area contributed by atoms with Crippen molar-refractivity contribution in [2.45, 2.75) is 4.90 Å². The zero-order chi connectivity index (χ0) is 14.9. The highest BCUT2D eigenvalue weighted by atomic mass is 79.9. The van der Waals surface area contributed by atoms with E-state index < -0.39 is 16.0 Å². The number of nitrogens with zero attached hydrogens (tertiary/aromatic N) is 1. The molecule has 0 fully saturated rings. The number of hydrogen-bond donors (Lipinski definition) is 2. The molecule has 20 heavy (non-hydrogen) atoms. The Balaban J connectivity index is 2.38. The highest BCUT2D eigenvalue weighted by Crippen LogP contribution is 2.32. The second-order valence-corrected chi connectivity index (χ2v) is 7.91. The standard InChI is InChI=1S/C10H6BrClN2O4S2/c11-9-6(4-5(19-9)10(15)16)20(17,18)14-8-3-1-2-7(12)13-8/h1-4H,(H,13,14)(H,15,16). The van der Waals surface area contributed by atoms with Gasteiger partial charge in [-0.15, -0.1) is 11.3 Å². The number of carboxylic acids is 1. The number of pyridine rings is 1. The first-order valence-corrected chi connectivity index (χ1v) is 8.44. The average molecular weight is 398 g/mol. The minimum absolute atomic E-state index is 0.0486. The molecule has 0 radical (unpaired) electrons. The summed E-state index contributed by atoms with van der Waals surface area (Å²) < 4.78 is 26.7. The van der Waals surface area contributed by atoms with E-state index in [1.54, 1.807) is 6.07 Å². The molecule has 0 atom stereocenters. The summed E-state index contributed by atoms with van der Waals surface area (Å²) in [5.74, 6) is -1.15. The summed E-state index contributed by atoms with van der Waals surface area (Å²) in [5, 5.41) is 9.00. The average Bonchev–Trinajstić information content (AvgIpc) is 2.71. The van der Waals surface area contributed by atoms with E-state index in [4.69, 9.17) is 16.7 Å². The number of thiophene rings is 1. The van der Waals surface area contributed by atoms with Crippen LogP contribution in [0.15, 0.2) is 32.9 Å². The molecule has 2 rings (SSSR count). The van der Waals surface area contributed by atoms with Gasteiger partial charge in [0.05, 0.1) is 3.79 Å². The number of rotatable bonds is 4. The molecule has 0 aliphatic carbocycles. The van der Waals surface area contributed by atoms with Crippen LogP contribution >= 0.6 is 38.9 Å². The number of anilines is 1.